The smallest absolute Gasteiger partial charge is 1.00 e. The summed E-state index contributed by atoms with van der Waals surface area (Å²) in [5, 5.41) is 0. The van der Waals surface area contributed by atoms with Crippen LogP contribution in [0.15, 0.2) is 0 Å². The molecule has 0 radical (unpaired) electrons. The first-order chi connectivity index (χ1) is 14.1. The van der Waals surface area contributed by atoms with Gasteiger partial charge in [0.15, 0.2) is 34.7 Å². The van der Waals surface area contributed by atoms with Crippen LogP contribution in [0.1, 0.15) is 5.71 Å². The van der Waals surface area contributed by atoms with Crippen molar-refractivity contribution in [3.8, 4) is 0 Å². The molecule has 7 nitrogen and oxygen atoms in total. The summed E-state index contributed by atoms with van der Waals surface area (Å²) >= 11 is -10.3. The monoisotopic (exact) mass is 1190 g/mol. The summed E-state index contributed by atoms with van der Waals surface area (Å²) in [6.45, 7) is 0. The Hall–Kier alpha value is 13.5. The van der Waals surface area contributed by atoms with Gasteiger partial charge >= 0.3 is 202 Å². The normalized spacial score (nSPS) is 6.81. The van der Waals surface area contributed by atoms with Gasteiger partial charge in [-0.25, -0.2) is 190 Å². The van der Waals surface area contributed by atoms with Crippen LogP contribution in [0.3, 0.4) is 0 Å². The van der Waals surface area contributed by atoms with Crippen LogP contribution in [0.4, 0.5) is 14.1 Å². The summed E-state index contributed by atoms with van der Waals surface area (Å²) in [7, 11) is 78.9. The van der Waals surface area contributed by atoms with Crippen LogP contribution in [0.5, 0.6) is 0 Å². The number of hydrogen-bond acceptors (Lipinski definition) is 3. The molecule has 0 bridgehead atoms. The van der Waals surface area contributed by atoms with Gasteiger partial charge in [0.1, 0.15) is 0 Å². The molecule has 0 aliphatic carbocycles. The second kappa shape index (κ2) is 78.8. The topological polar surface area (TPSA) is 124 Å². The van der Waals surface area contributed by atoms with Gasteiger partial charge in [-0.3, -0.25) is 14.1 Å². The van der Waals surface area contributed by atoms with Crippen LogP contribution in [0, 0.1) is 0 Å². The van der Waals surface area contributed by atoms with Gasteiger partial charge in [0.2, 0.25) is 0 Å². The molecule has 4 N–H and O–H groups in total. The van der Waals surface area contributed by atoms with Gasteiger partial charge in [-0.1, -0.05) is 0 Å². The minimum Gasteiger partial charge on any atom is -1.00 e. The van der Waals surface area contributed by atoms with Gasteiger partial charge in [-0.15, -0.1) is 0 Å². The van der Waals surface area contributed by atoms with Crippen molar-refractivity contribution in [2.24, 2.45) is 0 Å². The number of halogens is 21. The fourth-order valence-electron chi connectivity index (χ4n) is 0.139. The fourth-order valence-corrected chi connectivity index (χ4v) is 1.25. The Balaban J connectivity index is -0.00000000931. The van der Waals surface area contributed by atoms with Crippen molar-refractivity contribution >= 4 is 300 Å². The van der Waals surface area contributed by atoms with Crippen LogP contribution in [0.25, 0.3) is 0 Å². The average molecular weight is 1190 g/mol. The standard InChI is InChI=1S/8Al.18ClH.3FH.4Na.H4O7P2.10H/c;;;;;;;;;;;;;;;;;;;;;;;;;;;;;;;;;1-8(2,3)7-9(4,5)6;;;;;;;;;;/h;;;;;;;;21*1H;;;;;(H2,1,2,3)(H2,4,5,6);;;;;;;;;;/q;;6*+3;;;;;;;;;;;;;;;;;;;;;;4*+1;;;;;;;;4*-1/p-18. The van der Waals surface area contributed by atoms with E-state index in [2.05, 4.69) is 4.31 Å². The Bertz CT molecular complexity index is 406. The molecule has 0 amide bonds. The minimum absolute atomic E-state index is 0. The van der Waals surface area contributed by atoms with Gasteiger partial charge in [0.05, 0.1) is 0 Å². The molecule has 0 aromatic rings. The molecule has 0 aliphatic rings. The van der Waals surface area contributed by atoms with Crippen molar-refractivity contribution < 1.29 is 171 Å². The van der Waals surface area contributed by atoms with E-state index in [0.717, 1.165) is 0 Å². The van der Waals surface area contributed by atoms with Crippen molar-refractivity contribution in [2.75, 3.05) is 0 Å². The zero-order valence-corrected chi connectivity index (χ0v) is 49.7. The molecule has 0 saturated heterocycles. The first kappa shape index (κ1) is 106. The molecule has 0 rings (SSSR count). The van der Waals surface area contributed by atoms with Gasteiger partial charge < -0.3 is 25.3 Å². The van der Waals surface area contributed by atoms with E-state index >= 15 is 0 Å². The molecule has 0 atom stereocenters. The van der Waals surface area contributed by atoms with E-state index in [-0.39, 0.29) is 173 Å². The first-order valence-electron chi connectivity index (χ1n) is 5.46. The molecule has 0 aliphatic heterocycles. The Morgan fingerprint density at radius 2 is 0.429 bits per heavy atom. The van der Waals surface area contributed by atoms with E-state index in [1.54, 1.807) is 0 Å². The Labute approximate surface area is 459 Å². The number of hydrogen-bond donors (Lipinski definition) is 4. The van der Waals surface area contributed by atoms with Crippen LogP contribution in [-0.4, -0.2) is 123 Å². The minimum atomic E-state index is -5.05. The van der Waals surface area contributed by atoms with E-state index in [1.165, 1.54) is 0 Å². The maximum atomic E-state index is 9.63. The third-order valence-electron chi connectivity index (χ3n) is 0.213. The predicted octanol–water partition coefficient (Wildman–Crippen LogP) is -4.13. The maximum absolute atomic E-state index is 9.63. The second-order valence-electron chi connectivity index (χ2n) is 2.55. The average Bonchev–Trinajstić information content (AvgIpc) is 2.28. The summed E-state index contributed by atoms with van der Waals surface area (Å²) in [5.41, 5.74) is 0. The molecule has 0 unspecified atom stereocenters. The van der Waals surface area contributed by atoms with E-state index in [0.29, 0.717) is 0 Å². The van der Waals surface area contributed by atoms with Crippen LogP contribution < -0.4 is 118 Å². The molecule has 0 aromatic heterocycles. The molecule has 42 heteroatoms. The molecule has 0 heterocycles. The van der Waals surface area contributed by atoms with Gasteiger partial charge in [0, 0.05) is 0 Å². The second-order valence-corrected chi connectivity index (χ2v) is 43.8. The van der Waals surface area contributed by atoms with Gasteiger partial charge in [-0.05, 0) is 0 Å². The summed E-state index contributed by atoms with van der Waals surface area (Å²) < 4.78 is 22.2. The third kappa shape index (κ3) is 387. The van der Waals surface area contributed by atoms with Crippen LogP contribution >= 0.6 is 197 Å². The summed E-state index contributed by atoms with van der Waals surface area (Å²) in [4.78, 5) is 31.0. The van der Waals surface area contributed by atoms with Crippen molar-refractivity contribution in [1.29, 1.82) is 0 Å². The Morgan fingerprint density at radius 3 is 0.429 bits per heavy atom. The predicted molar refractivity (Wildman–Crippen MR) is 197 cm³/mol. The third-order valence-corrected chi connectivity index (χ3v) is 1.91. The number of rotatable bonds is 2. The molecule has 0 spiro atoms. The zero-order chi connectivity index (χ0) is 29.2. The van der Waals surface area contributed by atoms with Crippen LogP contribution in [0.2, 0.25) is 0 Å². The quantitative estimate of drug-likeness (QED) is 0.164. The Morgan fingerprint density at radius 1 is 0.381 bits per heavy atom. The molecule has 244 valence electrons. The van der Waals surface area contributed by atoms with Crippen LogP contribution in [-0.2, 0) is 13.4 Å². The molecule has 0 saturated carbocycles. The fraction of sp³-hybridized carbons (Fsp3) is 0. The van der Waals surface area contributed by atoms with Crippen molar-refractivity contribution in [2.45, 2.75) is 0 Å². The molecular weight excluding hydrogens is 1180 g/mol. The van der Waals surface area contributed by atoms with Crippen molar-refractivity contribution in [3.05, 3.63) is 0 Å². The van der Waals surface area contributed by atoms with E-state index < -0.39 is 84.0 Å². The summed E-state index contributed by atoms with van der Waals surface area (Å²) in [5.74, 6) is 0. The van der Waals surface area contributed by atoms with E-state index in [1.807, 2.05) is 0 Å². The summed E-state index contributed by atoms with van der Waals surface area (Å²) in [6, 6.07) is 0. The number of phosphoric acid groups is 2. The molecule has 0 aromatic carbocycles. The molecular formula is H17Al8Cl18F3Na4O7P2. The summed E-state index contributed by atoms with van der Waals surface area (Å²) in [6.07, 6.45) is 0. The van der Waals surface area contributed by atoms with Crippen molar-refractivity contribution in [1.82, 2.24) is 0 Å². The Kier molecular flexibility index (Phi) is 198. The van der Waals surface area contributed by atoms with Gasteiger partial charge in [0.25, 0.3) is 0 Å². The van der Waals surface area contributed by atoms with Crippen molar-refractivity contribution in [3.63, 3.8) is 0 Å². The SMILES string of the molecule is F.F.F.O=P(O)(O)OP(=O)(O)O.[AlH3].[AlH3].[Cl][Al]([Cl])[Cl].[Cl][Al]([Cl])[Cl].[Cl][Al]([Cl])[Cl].[Cl][Al]([Cl])[Cl].[Cl][Al]([Cl])[Cl].[Cl][Al]([Cl])[Cl].[H-].[H-].[H-].[H-].[Na+].[Na+].[Na+].[Na+]. The first-order valence-corrected chi connectivity index (χ1v) is 39.9. The molecule has 42 heavy (non-hydrogen) atoms. The molecule has 0 fully saturated rings. The van der Waals surface area contributed by atoms with Gasteiger partial charge in [-0.2, -0.15) is 4.31 Å². The largest absolute Gasteiger partial charge is 1.00 e. The van der Waals surface area contributed by atoms with E-state index in [9.17, 15) is 9.13 Å². The maximum Gasteiger partial charge on any atom is 1.00 e. The van der Waals surface area contributed by atoms with E-state index in [4.69, 9.17) is 200 Å². The zero-order valence-electron chi connectivity index (χ0n) is 23.4.